The van der Waals surface area contributed by atoms with Gasteiger partial charge in [0.25, 0.3) is 0 Å². The third kappa shape index (κ3) is 4.87. The van der Waals surface area contributed by atoms with Gasteiger partial charge in [0, 0.05) is 23.7 Å². The van der Waals surface area contributed by atoms with Crippen LogP contribution in [0.1, 0.15) is 41.2 Å². The Morgan fingerprint density at radius 2 is 1.65 bits per heavy atom. The van der Waals surface area contributed by atoms with Gasteiger partial charge in [-0.2, -0.15) is 10.5 Å². The van der Waals surface area contributed by atoms with Crippen molar-refractivity contribution in [1.29, 1.82) is 10.5 Å². The molecule has 2 heterocycles. The number of hydrogen-bond donors (Lipinski definition) is 1. The molecule has 1 unspecified atom stereocenters. The lowest BCUT2D eigenvalue weighted by Crippen LogP contribution is -2.38. The maximum atomic E-state index is 13.6. The van der Waals surface area contributed by atoms with E-state index >= 15 is 0 Å². The Bertz CT molecular complexity index is 1280. The Kier molecular flexibility index (Phi) is 7.37. The Hall–Kier alpha value is -3.52. The number of nitriles is 2. The third-order valence-electron chi connectivity index (χ3n) is 5.77. The Balaban J connectivity index is 1.83. The van der Waals surface area contributed by atoms with Crippen LogP contribution in [0, 0.1) is 22.7 Å². The van der Waals surface area contributed by atoms with Crippen LogP contribution in [0.3, 0.4) is 0 Å². The first kappa shape index (κ1) is 23.6. The first-order valence-corrected chi connectivity index (χ1v) is 12.2. The highest BCUT2D eigenvalue weighted by atomic mass is 35.5. The van der Waals surface area contributed by atoms with E-state index in [2.05, 4.69) is 17.1 Å². The monoisotopic (exact) mass is 487 g/mol. The second-order valence-corrected chi connectivity index (χ2v) is 9.48. The lowest BCUT2D eigenvalue weighted by Gasteiger charge is -2.30. The number of likely N-dealkylation sites (tertiary alicyclic amines) is 1. The number of amides is 1. The minimum Gasteiger partial charge on any atom is -0.383 e. The van der Waals surface area contributed by atoms with Crippen LogP contribution >= 0.6 is 23.4 Å². The number of halogens is 1. The summed E-state index contributed by atoms with van der Waals surface area (Å²) in [7, 11) is 0. The number of anilines is 1. The molecule has 0 saturated carbocycles. The lowest BCUT2D eigenvalue weighted by atomic mass is 9.97. The van der Waals surface area contributed by atoms with E-state index in [4.69, 9.17) is 17.3 Å². The lowest BCUT2D eigenvalue weighted by molar-refractivity contribution is -0.131. The van der Waals surface area contributed by atoms with Crippen LogP contribution in [0.25, 0.3) is 11.1 Å². The molecule has 170 valence electrons. The zero-order valence-electron chi connectivity index (χ0n) is 18.4. The number of carbonyl (C=O) groups excluding carboxylic acids is 1. The van der Waals surface area contributed by atoms with Gasteiger partial charge in [0.1, 0.15) is 33.8 Å². The largest absolute Gasteiger partial charge is 0.383 e. The maximum absolute atomic E-state index is 13.6. The average Bonchev–Trinajstić information content (AvgIpc) is 2.88. The minimum absolute atomic E-state index is 0.0161. The van der Waals surface area contributed by atoms with Crippen molar-refractivity contribution < 1.29 is 4.79 Å². The van der Waals surface area contributed by atoms with Crippen molar-refractivity contribution >= 4 is 35.1 Å². The predicted molar refractivity (Wildman–Crippen MR) is 134 cm³/mol. The summed E-state index contributed by atoms with van der Waals surface area (Å²) < 4.78 is 0. The molecule has 1 atom stereocenters. The van der Waals surface area contributed by atoms with E-state index in [9.17, 15) is 15.3 Å². The van der Waals surface area contributed by atoms with E-state index in [0.29, 0.717) is 34.3 Å². The van der Waals surface area contributed by atoms with Crippen LogP contribution in [-0.4, -0.2) is 28.9 Å². The molecule has 2 N–H and O–H groups in total. The van der Waals surface area contributed by atoms with Gasteiger partial charge in [0.15, 0.2) is 0 Å². The van der Waals surface area contributed by atoms with Gasteiger partial charge in [-0.15, -0.1) is 0 Å². The highest BCUT2D eigenvalue weighted by Gasteiger charge is 2.31. The maximum Gasteiger partial charge on any atom is 0.240 e. The van der Waals surface area contributed by atoms with E-state index < -0.39 is 5.25 Å². The third-order valence-corrected chi connectivity index (χ3v) is 7.25. The highest BCUT2D eigenvalue weighted by Crippen LogP contribution is 2.42. The zero-order chi connectivity index (χ0) is 24.1. The normalized spacial score (nSPS) is 14.1. The SMILES string of the molecule is N#Cc1c(N)nc(SC(C(=O)N2CCCCC2)c2ccccc2)c(C#N)c1-c1ccc(Cl)cc1. The molecule has 0 radical (unpaired) electrons. The van der Waals surface area contributed by atoms with Crippen molar-refractivity contribution in [3.05, 3.63) is 76.3 Å². The van der Waals surface area contributed by atoms with Crippen LogP contribution in [-0.2, 0) is 4.79 Å². The van der Waals surface area contributed by atoms with Crippen molar-refractivity contribution in [1.82, 2.24) is 9.88 Å². The smallest absolute Gasteiger partial charge is 0.240 e. The predicted octanol–water partition coefficient (Wildman–Crippen LogP) is 5.57. The molecule has 0 aliphatic carbocycles. The van der Waals surface area contributed by atoms with Crippen LogP contribution in [0.15, 0.2) is 59.6 Å². The molecule has 0 spiro atoms. The van der Waals surface area contributed by atoms with E-state index in [-0.39, 0.29) is 22.9 Å². The summed E-state index contributed by atoms with van der Waals surface area (Å²) in [5.41, 5.74) is 8.37. The topological polar surface area (TPSA) is 107 Å². The van der Waals surface area contributed by atoms with Crippen LogP contribution < -0.4 is 5.73 Å². The molecule has 34 heavy (non-hydrogen) atoms. The summed E-state index contributed by atoms with van der Waals surface area (Å²) in [6.45, 7) is 1.43. The summed E-state index contributed by atoms with van der Waals surface area (Å²) in [4.78, 5) is 19.9. The Morgan fingerprint density at radius 3 is 2.26 bits per heavy atom. The fourth-order valence-corrected chi connectivity index (χ4v) is 5.38. The van der Waals surface area contributed by atoms with Crippen LogP contribution in [0.4, 0.5) is 5.82 Å². The number of pyridine rings is 1. The van der Waals surface area contributed by atoms with E-state index in [1.54, 1.807) is 24.3 Å². The zero-order valence-corrected chi connectivity index (χ0v) is 19.9. The molecule has 0 bridgehead atoms. The number of carbonyl (C=O) groups is 1. The molecule has 1 aliphatic rings. The second-order valence-electron chi connectivity index (χ2n) is 7.95. The molecule has 2 aromatic carbocycles. The second kappa shape index (κ2) is 10.6. The summed E-state index contributed by atoms with van der Waals surface area (Å²) >= 11 is 7.24. The van der Waals surface area contributed by atoms with Crippen molar-refractivity contribution in [2.75, 3.05) is 18.8 Å². The molecule has 1 fully saturated rings. The number of thioether (sulfide) groups is 1. The number of rotatable bonds is 5. The molecule has 3 aromatic rings. The molecule has 1 aliphatic heterocycles. The Labute approximate surface area is 208 Å². The molecular formula is C26H22ClN5OS. The number of nitrogens with zero attached hydrogens (tertiary/aromatic N) is 4. The van der Waals surface area contributed by atoms with Gasteiger partial charge in [-0.3, -0.25) is 4.79 Å². The number of aromatic nitrogens is 1. The molecule has 8 heteroatoms. The van der Waals surface area contributed by atoms with Gasteiger partial charge in [0.2, 0.25) is 5.91 Å². The molecule has 6 nitrogen and oxygen atoms in total. The molecule has 1 saturated heterocycles. The quantitative estimate of drug-likeness (QED) is 0.471. The van der Waals surface area contributed by atoms with Crippen molar-refractivity contribution in [3.8, 4) is 23.3 Å². The van der Waals surface area contributed by atoms with Crippen molar-refractivity contribution in [2.24, 2.45) is 0 Å². The molecule has 4 rings (SSSR count). The number of benzene rings is 2. The van der Waals surface area contributed by atoms with Gasteiger partial charge in [-0.05, 0) is 42.5 Å². The van der Waals surface area contributed by atoms with Gasteiger partial charge in [0.05, 0.1) is 5.56 Å². The number of hydrogen-bond acceptors (Lipinski definition) is 6. The first-order chi connectivity index (χ1) is 16.5. The highest BCUT2D eigenvalue weighted by molar-refractivity contribution is 8.00. The van der Waals surface area contributed by atoms with Crippen molar-refractivity contribution in [2.45, 2.75) is 29.5 Å². The first-order valence-electron chi connectivity index (χ1n) is 10.9. The average molecular weight is 488 g/mol. The molecule has 1 amide bonds. The number of nitrogens with two attached hydrogens (primary N) is 1. The summed E-state index contributed by atoms with van der Waals surface area (Å²) in [5, 5.41) is 20.2. The summed E-state index contributed by atoms with van der Waals surface area (Å²) in [5.74, 6) is 0.00347. The van der Waals surface area contributed by atoms with Crippen molar-refractivity contribution in [3.63, 3.8) is 0 Å². The van der Waals surface area contributed by atoms with E-state index in [0.717, 1.165) is 24.8 Å². The van der Waals surface area contributed by atoms with Crippen LogP contribution in [0.2, 0.25) is 5.02 Å². The van der Waals surface area contributed by atoms with Gasteiger partial charge >= 0.3 is 0 Å². The summed E-state index contributed by atoms with van der Waals surface area (Å²) in [6, 6.07) is 20.6. The number of nitrogen functional groups attached to an aromatic ring is 1. The standard InChI is InChI=1S/C26H22ClN5OS/c27-19-11-9-17(10-12-19)22-20(15-28)24(30)31-25(21(22)16-29)34-23(18-7-3-1-4-8-18)26(33)32-13-5-2-6-14-32/h1,3-4,7-12,23H,2,5-6,13-14H2,(H2,30,31). The van der Waals surface area contributed by atoms with Gasteiger partial charge in [-0.25, -0.2) is 4.98 Å². The Morgan fingerprint density at radius 1 is 1.00 bits per heavy atom. The fraction of sp³-hybridized carbons (Fsp3) is 0.231. The van der Waals surface area contributed by atoms with Crippen LogP contribution in [0.5, 0.6) is 0 Å². The summed E-state index contributed by atoms with van der Waals surface area (Å²) in [6.07, 6.45) is 3.07. The fourth-order valence-electron chi connectivity index (χ4n) is 4.07. The van der Waals surface area contributed by atoms with Gasteiger partial charge < -0.3 is 10.6 Å². The molecular weight excluding hydrogens is 466 g/mol. The minimum atomic E-state index is -0.593. The van der Waals surface area contributed by atoms with E-state index in [1.807, 2.05) is 35.2 Å². The van der Waals surface area contributed by atoms with E-state index in [1.165, 1.54) is 11.8 Å². The number of piperidine rings is 1. The molecule has 1 aromatic heterocycles. The van der Waals surface area contributed by atoms with Gasteiger partial charge in [-0.1, -0.05) is 65.8 Å².